The topological polar surface area (TPSA) is 25.8 Å². The number of thioether (sulfide) groups is 1. The molecule has 2 nitrogen and oxygen atoms in total. The van der Waals surface area contributed by atoms with Crippen LogP contribution in [0, 0.1) is 0 Å². The second-order valence-electron chi connectivity index (χ2n) is 5.26. The summed E-state index contributed by atoms with van der Waals surface area (Å²) in [6.07, 6.45) is 6.86. The van der Waals surface area contributed by atoms with E-state index in [9.17, 15) is 0 Å². The van der Waals surface area contributed by atoms with E-state index in [1.807, 2.05) is 17.8 Å². The van der Waals surface area contributed by atoms with Gasteiger partial charge in [0.25, 0.3) is 0 Å². The van der Waals surface area contributed by atoms with E-state index >= 15 is 0 Å². The van der Waals surface area contributed by atoms with Crippen molar-refractivity contribution in [2.45, 2.75) is 62.9 Å². The zero-order chi connectivity index (χ0) is 13.0. The van der Waals surface area contributed by atoms with Crippen LogP contribution >= 0.6 is 23.4 Å². The van der Waals surface area contributed by atoms with E-state index in [0.29, 0.717) is 11.1 Å². The van der Waals surface area contributed by atoms with Crippen LogP contribution in [0.3, 0.4) is 0 Å². The van der Waals surface area contributed by atoms with Gasteiger partial charge in [0.05, 0.1) is 5.75 Å². The molecule has 0 spiro atoms. The molecule has 4 heteroatoms. The highest BCUT2D eigenvalue weighted by atomic mass is 35.5. The van der Waals surface area contributed by atoms with Crippen molar-refractivity contribution in [1.82, 2.24) is 9.97 Å². The fourth-order valence-corrected chi connectivity index (χ4v) is 3.66. The van der Waals surface area contributed by atoms with Crippen molar-refractivity contribution in [3.63, 3.8) is 0 Å². The Bertz CT molecular complexity index is 389. The Labute approximate surface area is 119 Å². The molecule has 1 saturated carbocycles. The number of rotatable bonds is 4. The Balaban J connectivity index is 1.95. The van der Waals surface area contributed by atoms with E-state index in [0.717, 1.165) is 22.5 Å². The summed E-state index contributed by atoms with van der Waals surface area (Å²) < 4.78 is 0. The van der Waals surface area contributed by atoms with E-state index in [1.165, 1.54) is 32.1 Å². The van der Waals surface area contributed by atoms with Gasteiger partial charge in [-0.05, 0) is 24.8 Å². The molecule has 1 aromatic rings. The smallest absolute Gasteiger partial charge is 0.140 e. The van der Waals surface area contributed by atoms with Crippen LogP contribution in [0.5, 0.6) is 0 Å². The van der Waals surface area contributed by atoms with Gasteiger partial charge in [0, 0.05) is 10.9 Å². The fraction of sp³-hybridized carbons (Fsp3) is 0.714. The highest BCUT2D eigenvalue weighted by molar-refractivity contribution is 7.99. The average molecular weight is 285 g/mol. The minimum Gasteiger partial charge on any atom is -0.237 e. The van der Waals surface area contributed by atoms with Crippen LogP contribution in [0.25, 0.3) is 0 Å². The minimum absolute atomic E-state index is 0.406. The van der Waals surface area contributed by atoms with Crippen LogP contribution in [0.15, 0.2) is 6.07 Å². The SMILES string of the molecule is CC(C)c1cc(Cl)nc(CSC2CCCCC2)n1. The summed E-state index contributed by atoms with van der Waals surface area (Å²) in [4.78, 5) is 8.94. The summed E-state index contributed by atoms with van der Waals surface area (Å²) >= 11 is 8.05. The number of hydrogen-bond acceptors (Lipinski definition) is 3. The molecule has 0 aliphatic heterocycles. The third-order valence-electron chi connectivity index (χ3n) is 3.35. The van der Waals surface area contributed by atoms with E-state index in [1.54, 1.807) is 0 Å². The van der Waals surface area contributed by atoms with Gasteiger partial charge in [-0.3, -0.25) is 0 Å². The molecule has 0 radical (unpaired) electrons. The zero-order valence-electron chi connectivity index (χ0n) is 11.2. The molecule has 0 atom stereocenters. The largest absolute Gasteiger partial charge is 0.237 e. The maximum atomic E-state index is 6.06. The predicted octanol–water partition coefficient (Wildman–Crippen LogP) is 4.82. The molecule has 2 rings (SSSR count). The molecule has 0 saturated heterocycles. The maximum absolute atomic E-state index is 6.06. The Kier molecular flexibility index (Phi) is 5.31. The molecule has 1 aromatic heterocycles. The van der Waals surface area contributed by atoms with Crippen LogP contribution in [-0.4, -0.2) is 15.2 Å². The first kappa shape index (κ1) is 14.1. The van der Waals surface area contributed by atoms with Crippen molar-refractivity contribution in [3.8, 4) is 0 Å². The number of aromatic nitrogens is 2. The fourth-order valence-electron chi connectivity index (χ4n) is 2.27. The Morgan fingerprint density at radius 2 is 2.00 bits per heavy atom. The van der Waals surface area contributed by atoms with Crippen LogP contribution in [0.4, 0.5) is 0 Å². The first-order valence-electron chi connectivity index (χ1n) is 6.80. The van der Waals surface area contributed by atoms with Gasteiger partial charge in [0.1, 0.15) is 11.0 Å². The summed E-state index contributed by atoms with van der Waals surface area (Å²) in [7, 11) is 0. The van der Waals surface area contributed by atoms with Crippen LogP contribution in [-0.2, 0) is 5.75 Å². The summed E-state index contributed by atoms with van der Waals surface area (Å²) in [5, 5.41) is 1.37. The van der Waals surface area contributed by atoms with Crippen LogP contribution < -0.4 is 0 Å². The van der Waals surface area contributed by atoms with Crippen molar-refractivity contribution in [1.29, 1.82) is 0 Å². The third-order valence-corrected chi connectivity index (χ3v) is 4.91. The van der Waals surface area contributed by atoms with Crippen molar-refractivity contribution < 1.29 is 0 Å². The lowest BCUT2D eigenvalue weighted by atomic mass is 10.0. The van der Waals surface area contributed by atoms with Gasteiger partial charge in [-0.1, -0.05) is 44.7 Å². The summed E-state index contributed by atoms with van der Waals surface area (Å²) in [5.41, 5.74) is 1.05. The lowest BCUT2D eigenvalue weighted by Crippen LogP contribution is -2.09. The van der Waals surface area contributed by atoms with Gasteiger partial charge in [-0.15, -0.1) is 0 Å². The molecular weight excluding hydrogens is 264 g/mol. The van der Waals surface area contributed by atoms with E-state index in [-0.39, 0.29) is 0 Å². The maximum Gasteiger partial charge on any atom is 0.140 e. The second kappa shape index (κ2) is 6.76. The van der Waals surface area contributed by atoms with Gasteiger partial charge in [-0.2, -0.15) is 11.8 Å². The van der Waals surface area contributed by atoms with Gasteiger partial charge >= 0.3 is 0 Å². The molecule has 0 amide bonds. The molecule has 18 heavy (non-hydrogen) atoms. The van der Waals surface area contributed by atoms with E-state index < -0.39 is 0 Å². The predicted molar refractivity (Wildman–Crippen MR) is 79.3 cm³/mol. The normalized spacial score (nSPS) is 17.3. The summed E-state index contributed by atoms with van der Waals surface area (Å²) in [5.74, 6) is 2.19. The van der Waals surface area contributed by atoms with E-state index in [2.05, 4.69) is 23.8 Å². The highest BCUT2D eigenvalue weighted by Gasteiger charge is 2.15. The molecule has 1 fully saturated rings. The van der Waals surface area contributed by atoms with Crippen molar-refractivity contribution in [2.24, 2.45) is 0 Å². The molecular formula is C14H21ClN2S. The molecule has 0 N–H and O–H groups in total. The van der Waals surface area contributed by atoms with E-state index in [4.69, 9.17) is 11.6 Å². The molecule has 1 aliphatic rings. The van der Waals surface area contributed by atoms with Gasteiger partial charge in [0.15, 0.2) is 0 Å². The molecule has 0 unspecified atom stereocenters. The van der Waals surface area contributed by atoms with Crippen LogP contribution in [0.1, 0.15) is 63.4 Å². The van der Waals surface area contributed by atoms with Gasteiger partial charge in [-0.25, -0.2) is 9.97 Å². The Morgan fingerprint density at radius 1 is 1.28 bits per heavy atom. The van der Waals surface area contributed by atoms with Crippen molar-refractivity contribution in [3.05, 3.63) is 22.7 Å². The molecule has 100 valence electrons. The number of halogens is 1. The number of nitrogens with zero attached hydrogens (tertiary/aromatic N) is 2. The monoisotopic (exact) mass is 284 g/mol. The lowest BCUT2D eigenvalue weighted by Gasteiger charge is -2.20. The Morgan fingerprint density at radius 3 is 2.67 bits per heavy atom. The molecule has 0 bridgehead atoms. The van der Waals surface area contributed by atoms with Crippen molar-refractivity contribution >= 4 is 23.4 Å². The minimum atomic E-state index is 0.406. The van der Waals surface area contributed by atoms with Gasteiger partial charge in [0.2, 0.25) is 0 Å². The molecule has 0 aromatic carbocycles. The molecule has 1 aliphatic carbocycles. The van der Waals surface area contributed by atoms with Crippen LogP contribution in [0.2, 0.25) is 5.15 Å². The second-order valence-corrected chi connectivity index (χ2v) is 6.93. The average Bonchev–Trinajstić information content (AvgIpc) is 2.37. The lowest BCUT2D eigenvalue weighted by molar-refractivity contribution is 0.516. The third kappa shape index (κ3) is 4.13. The molecule has 1 heterocycles. The first-order chi connectivity index (χ1) is 8.65. The summed E-state index contributed by atoms with van der Waals surface area (Å²) in [6, 6.07) is 1.88. The Hall–Kier alpha value is -0.280. The van der Waals surface area contributed by atoms with Gasteiger partial charge < -0.3 is 0 Å². The first-order valence-corrected chi connectivity index (χ1v) is 8.23. The standard InChI is InChI=1S/C14H21ClN2S/c1-10(2)12-8-13(15)17-14(16-12)9-18-11-6-4-3-5-7-11/h8,10-11H,3-7,9H2,1-2H3. The summed E-state index contributed by atoms with van der Waals surface area (Å²) in [6.45, 7) is 4.27. The quantitative estimate of drug-likeness (QED) is 0.742. The van der Waals surface area contributed by atoms with Crippen molar-refractivity contribution in [2.75, 3.05) is 0 Å². The number of hydrogen-bond donors (Lipinski definition) is 0. The zero-order valence-corrected chi connectivity index (χ0v) is 12.7. The highest BCUT2D eigenvalue weighted by Crippen LogP contribution is 2.30.